The maximum absolute atomic E-state index is 13.9. The number of para-hydroxylation sites is 1. The first-order valence-corrected chi connectivity index (χ1v) is 12.8. The summed E-state index contributed by atoms with van der Waals surface area (Å²) in [5.74, 6) is 2.94. The van der Waals surface area contributed by atoms with E-state index in [0.29, 0.717) is 32.2 Å². The Morgan fingerprint density at radius 3 is 2.58 bits per heavy atom. The Kier molecular flexibility index (Phi) is 9.45. The minimum Gasteiger partial charge on any atom is -0.368 e. The van der Waals surface area contributed by atoms with Gasteiger partial charge in [-0.2, -0.15) is 0 Å². The van der Waals surface area contributed by atoms with E-state index in [1.54, 1.807) is 13.8 Å². The van der Waals surface area contributed by atoms with E-state index in [9.17, 15) is 19.2 Å². The van der Waals surface area contributed by atoms with Crippen molar-refractivity contribution in [1.82, 2.24) is 26.4 Å². The number of aryl methyl sites for hydroxylation is 1. The van der Waals surface area contributed by atoms with E-state index in [2.05, 4.69) is 31.4 Å². The van der Waals surface area contributed by atoms with Gasteiger partial charge < -0.3 is 32.1 Å². The lowest BCUT2D eigenvalue weighted by Gasteiger charge is -2.39. The summed E-state index contributed by atoms with van der Waals surface area (Å²) in [6.45, 7) is 5.30. The zero-order valence-corrected chi connectivity index (χ0v) is 22.1. The van der Waals surface area contributed by atoms with Gasteiger partial charge in [-0.3, -0.25) is 24.2 Å². The number of amides is 4. The van der Waals surface area contributed by atoms with Gasteiger partial charge >= 0.3 is 0 Å². The molecule has 0 radical (unpaired) electrons. The average Bonchev–Trinajstić information content (AvgIpc) is 3.23. The molecule has 0 spiro atoms. The van der Waals surface area contributed by atoms with Crippen molar-refractivity contribution in [2.75, 3.05) is 6.54 Å². The topological polar surface area (TPSA) is 197 Å². The Balaban J connectivity index is 1.93. The molecule has 12 heteroatoms. The van der Waals surface area contributed by atoms with Gasteiger partial charge in [0.05, 0.1) is 6.34 Å². The van der Waals surface area contributed by atoms with E-state index in [4.69, 9.17) is 11.6 Å². The fraction of sp³-hybridized carbons (Fsp3) is 0.500. The molecule has 4 amide bonds. The molecular formula is C26H38N8O4. The largest absolute Gasteiger partial charge is 0.368 e. The zero-order valence-electron chi connectivity index (χ0n) is 22.1. The molecule has 1 heterocycles. The third kappa shape index (κ3) is 6.68. The number of carbonyl (C=O) groups is 4. The van der Waals surface area contributed by atoms with E-state index >= 15 is 0 Å². The number of hydrogen-bond donors (Lipinski definition) is 7. The second-order valence-electron chi connectivity index (χ2n) is 10.1. The van der Waals surface area contributed by atoms with Crippen molar-refractivity contribution in [3.05, 3.63) is 35.5 Å². The lowest BCUT2D eigenvalue weighted by Crippen LogP contribution is -2.66. The summed E-state index contributed by atoms with van der Waals surface area (Å²) in [7, 11) is 0. The Morgan fingerprint density at radius 1 is 1.18 bits per heavy atom. The van der Waals surface area contributed by atoms with Gasteiger partial charge in [0, 0.05) is 36.5 Å². The lowest BCUT2D eigenvalue weighted by molar-refractivity contribution is -0.138. The fourth-order valence-corrected chi connectivity index (χ4v) is 4.94. The first-order chi connectivity index (χ1) is 18.1. The number of aliphatic imine (C=N–C) groups is 1. The van der Waals surface area contributed by atoms with Crippen LogP contribution >= 0.6 is 0 Å². The molecule has 3 rings (SSSR count). The van der Waals surface area contributed by atoms with Gasteiger partial charge in [-0.1, -0.05) is 32.0 Å². The predicted octanol–water partition coefficient (Wildman–Crippen LogP) is -0.0858. The van der Waals surface area contributed by atoms with Crippen LogP contribution in [-0.4, -0.2) is 59.1 Å². The van der Waals surface area contributed by atoms with Crippen molar-refractivity contribution in [3.63, 3.8) is 0 Å². The van der Waals surface area contributed by atoms with Crippen molar-refractivity contribution >= 4 is 40.9 Å². The Morgan fingerprint density at radius 2 is 1.92 bits per heavy atom. The quantitative estimate of drug-likeness (QED) is 0.0663. The normalized spacial score (nSPS) is 18.6. The predicted molar refractivity (Wildman–Crippen MR) is 145 cm³/mol. The lowest BCUT2D eigenvalue weighted by atomic mass is 9.78. The Bertz CT molecular complexity index is 1210. The number of nitrogens with zero attached hydrogens (tertiary/aromatic N) is 1. The maximum atomic E-state index is 13.9. The SMILES string of the molecule is CC(=O)N[C@@H](CCCN=CNN)C(=O)NC1(C(=O)N[C@H](C(N)=O)C(C)C)CCc2[nH]c3ccccc3c2C1. The van der Waals surface area contributed by atoms with E-state index in [1.807, 2.05) is 24.3 Å². The Labute approximate surface area is 221 Å². The minimum atomic E-state index is -1.35. The molecule has 1 unspecified atom stereocenters. The van der Waals surface area contributed by atoms with Crippen LogP contribution in [0.3, 0.4) is 0 Å². The highest BCUT2D eigenvalue weighted by Gasteiger charge is 2.46. The first-order valence-electron chi connectivity index (χ1n) is 12.8. The summed E-state index contributed by atoms with van der Waals surface area (Å²) in [6.07, 6.45) is 3.17. The third-order valence-corrected chi connectivity index (χ3v) is 6.88. The smallest absolute Gasteiger partial charge is 0.246 e. The number of hydrazine groups is 1. The van der Waals surface area contributed by atoms with E-state index in [1.165, 1.54) is 13.3 Å². The molecule has 0 saturated carbocycles. The molecule has 0 bridgehead atoms. The molecule has 2 aromatic rings. The second-order valence-corrected chi connectivity index (χ2v) is 10.1. The molecule has 0 aliphatic heterocycles. The number of nitrogens with one attached hydrogen (secondary N) is 5. The van der Waals surface area contributed by atoms with Crippen LogP contribution < -0.4 is 33.0 Å². The molecule has 1 aliphatic carbocycles. The number of rotatable bonds is 12. The van der Waals surface area contributed by atoms with Crippen LogP contribution in [0.15, 0.2) is 29.3 Å². The molecule has 9 N–H and O–H groups in total. The van der Waals surface area contributed by atoms with Gasteiger partial charge in [0.25, 0.3) is 0 Å². The minimum absolute atomic E-state index is 0.215. The number of benzene rings is 1. The van der Waals surface area contributed by atoms with Crippen LogP contribution in [0.25, 0.3) is 10.9 Å². The van der Waals surface area contributed by atoms with Gasteiger partial charge in [-0.05, 0) is 43.2 Å². The van der Waals surface area contributed by atoms with Crippen molar-refractivity contribution in [2.45, 2.75) is 70.5 Å². The van der Waals surface area contributed by atoms with E-state index < -0.39 is 35.3 Å². The number of fused-ring (bicyclic) bond motifs is 3. The van der Waals surface area contributed by atoms with Crippen LogP contribution in [0.2, 0.25) is 0 Å². The number of hydrogen-bond acceptors (Lipinski definition) is 6. The maximum Gasteiger partial charge on any atom is 0.246 e. The summed E-state index contributed by atoms with van der Waals surface area (Å²) in [5, 5.41) is 9.40. The highest BCUT2D eigenvalue weighted by Crippen LogP contribution is 2.34. The van der Waals surface area contributed by atoms with Crippen molar-refractivity contribution in [1.29, 1.82) is 0 Å². The summed E-state index contributed by atoms with van der Waals surface area (Å²) in [6, 6.07) is 6.00. The van der Waals surface area contributed by atoms with Crippen LogP contribution in [-0.2, 0) is 32.0 Å². The molecule has 0 saturated heterocycles. The Hall–Kier alpha value is -3.93. The van der Waals surface area contributed by atoms with Crippen molar-refractivity contribution in [3.8, 4) is 0 Å². The van der Waals surface area contributed by atoms with E-state index in [-0.39, 0.29) is 18.2 Å². The second kappa shape index (κ2) is 12.5. The number of nitrogens with two attached hydrogens (primary N) is 2. The molecule has 3 atom stereocenters. The van der Waals surface area contributed by atoms with E-state index in [0.717, 1.165) is 22.2 Å². The van der Waals surface area contributed by atoms with Crippen LogP contribution in [0.5, 0.6) is 0 Å². The van der Waals surface area contributed by atoms with Crippen molar-refractivity contribution < 1.29 is 19.2 Å². The zero-order chi connectivity index (χ0) is 27.9. The van der Waals surface area contributed by atoms with Gasteiger partial charge in [-0.25, -0.2) is 5.84 Å². The third-order valence-electron chi connectivity index (χ3n) is 6.88. The standard InChI is InChI=1S/C26H38N8O4/c1-15(2)22(23(27)36)33-25(38)26(11-10-20-18(13-26)17-7-4-5-8-19(17)32-20)34-24(37)21(31-16(3)35)9-6-12-29-14-30-28/h4-5,7-8,14-15,21-22,32H,6,9-13,28H2,1-3H3,(H2,27,36)(H,29,30)(H,31,35)(H,33,38)(H,34,37)/t21-,22-,26?/m0/s1. The molecule has 38 heavy (non-hydrogen) atoms. The van der Waals surface area contributed by atoms with Gasteiger partial charge in [0.1, 0.15) is 17.6 Å². The van der Waals surface area contributed by atoms with Gasteiger partial charge in [0.2, 0.25) is 23.6 Å². The molecule has 1 aliphatic rings. The first kappa shape index (κ1) is 28.6. The summed E-state index contributed by atoms with van der Waals surface area (Å²) >= 11 is 0. The number of carbonyl (C=O) groups excluding carboxylic acids is 4. The highest BCUT2D eigenvalue weighted by atomic mass is 16.2. The molecule has 0 fully saturated rings. The molecule has 1 aromatic carbocycles. The summed E-state index contributed by atoms with van der Waals surface area (Å²) in [4.78, 5) is 58.9. The van der Waals surface area contributed by atoms with Crippen molar-refractivity contribution in [2.24, 2.45) is 22.5 Å². The number of aromatic amines is 1. The van der Waals surface area contributed by atoms with Crippen LogP contribution in [0, 0.1) is 5.92 Å². The molecule has 12 nitrogen and oxygen atoms in total. The molecule has 206 valence electrons. The van der Waals surface area contributed by atoms with Gasteiger partial charge in [0.15, 0.2) is 0 Å². The van der Waals surface area contributed by atoms with Crippen LogP contribution in [0.1, 0.15) is 51.3 Å². The highest BCUT2D eigenvalue weighted by molar-refractivity contribution is 5.98. The van der Waals surface area contributed by atoms with Crippen LogP contribution in [0.4, 0.5) is 0 Å². The summed E-state index contributed by atoms with van der Waals surface area (Å²) in [5.41, 5.74) is 9.41. The monoisotopic (exact) mass is 526 g/mol. The van der Waals surface area contributed by atoms with Gasteiger partial charge in [-0.15, -0.1) is 0 Å². The summed E-state index contributed by atoms with van der Waals surface area (Å²) < 4.78 is 0. The molecular weight excluding hydrogens is 488 g/mol. The number of primary amides is 1. The number of aromatic nitrogens is 1. The number of H-pyrrole nitrogens is 1. The fourth-order valence-electron chi connectivity index (χ4n) is 4.94. The average molecular weight is 527 g/mol. The molecule has 1 aromatic heterocycles.